The van der Waals surface area contributed by atoms with Gasteiger partial charge in [-0.1, -0.05) is 42.9 Å². The van der Waals surface area contributed by atoms with E-state index in [9.17, 15) is 0 Å². The fourth-order valence-corrected chi connectivity index (χ4v) is 1.36. The van der Waals surface area contributed by atoms with Crippen molar-refractivity contribution in [1.29, 1.82) is 0 Å². The van der Waals surface area contributed by atoms with Gasteiger partial charge in [0.2, 0.25) is 0 Å². The Morgan fingerprint density at radius 3 is 2.69 bits per heavy atom. The summed E-state index contributed by atoms with van der Waals surface area (Å²) in [4.78, 5) is 0. The summed E-state index contributed by atoms with van der Waals surface area (Å²) in [5.74, 6) is 1.02. The van der Waals surface area contributed by atoms with Crippen molar-refractivity contribution in [3.63, 3.8) is 0 Å². The summed E-state index contributed by atoms with van der Waals surface area (Å²) < 4.78 is 4.97. The van der Waals surface area contributed by atoms with Gasteiger partial charge in [-0.15, -0.1) is 0 Å². The number of halogens is 1. The first kappa shape index (κ1) is 10.4. The molecule has 13 heavy (non-hydrogen) atoms. The predicted molar refractivity (Wildman–Crippen MR) is 53.8 cm³/mol. The minimum atomic E-state index is 0.298. The fraction of sp³-hybridized carbons (Fsp3) is 0.667. The van der Waals surface area contributed by atoms with Crippen LogP contribution in [0.5, 0.6) is 0 Å². The van der Waals surface area contributed by atoms with E-state index >= 15 is 0 Å². The number of aryl methyl sites for hydroxylation is 1. The van der Waals surface area contributed by atoms with E-state index in [-0.39, 0.29) is 0 Å². The van der Waals surface area contributed by atoms with Gasteiger partial charge in [-0.2, -0.15) is 0 Å². The zero-order chi connectivity index (χ0) is 9.68. The Balaban J connectivity index is 2.32. The lowest BCUT2D eigenvalue weighted by Gasteiger charge is -1.95. The molecule has 0 saturated carbocycles. The summed E-state index contributed by atoms with van der Waals surface area (Å²) in [5, 5.41) is 4.07. The topological polar surface area (TPSA) is 52.0 Å². The van der Waals surface area contributed by atoms with Crippen LogP contribution in [-0.4, -0.2) is 5.16 Å². The Bertz CT molecular complexity index is 260. The van der Waals surface area contributed by atoms with Crippen LogP contribution in [0, 0.1) is 0 Å². The lowest BCUT2D eigenvalue weighted by molar-refractivity contribution is 0.381. The number of hydrogen-bond acceptors (Lipinski definition) is 3. The molecule has 0 unspecified atom stereocenters. The number of nitrogen functional groups attached to an aromatic ring is 1. The van der Waals surface area contributed by atoms with Gasteiger partial charge in [0.05, 0.1) is 0 Å². The SMILES string of the molecule is CCCCCCc1onc(N)c1Cl. The van der Waals surface area contributed by atoms with Crippen LogP contribution >= 0.6 is 11.6 Å². The van der Waals surface area contributed by atoms with Crippen molar-refractivity contribution in [3.8, 4) is 0 Å². The summed E-state index contributed by atoms with van der Waals surface area (Å²) in [6.45, 7) is 2.18. The van der Waals surface area contributed by atoms with E-state index in [0.29, 0.717) is 10.8 Å². The summed E-state index contributed by atoms with van der Waals surface area (Å²) in [7, 11) is 0. The van der Waals surface area contributed by atoms with Crippen molar-refractivity contribution in [1.82, 2.24) is 5.16 Å². The van der Waals surface area contributed by atoms with E-state index in [4.69, 9.17) is 21.9 Å². The average molecular weight is 203 g/mol. The van der Waals surface area contributed by atoms with Gasteiger partial charge < -0.3 is 10.3 Å². The maximum Gasteiger partial charge on any atom is 0.185 e. The highest BCUT2D eigenvalue weighted by Crippen LogP contribution is 2.23. The van der Waals surface area contributed by atoms with Gasteiger partial charge in [-0.3, -0.25) is 0 Å². The molecule has 4 heteroatoms. The molecule has 0 fully saturated rings. The molecule has 74 valence electrons. The monoisotopic (exact) mass is 202 g/mol. The van der Waals surface area contributed by atoms with Crippen molar-refractivity contribution in [2.45, 2.75) is 39.0 Å². The third-order valence-corrected chi connectivity index (χ3v) is 2.39. The van der Waals surface area contributed by atoms with E-state index < -0.39 is 0 Å². The molecule has 0 amide bonds. The minimum Gasteiger partial charge on any atom is -0.380 e. The normalized spacial score (nSPS) is 10.6. The van der Waals surface area contributed by atoms with Gasteiger partial charge in [0, 0.05) is 6.42 Å². The first-order valence-electron chi connectivity index (χ1n) is 4.65. The molecule has 0 aliphatic carbocycles. The highest BCUT2D eigenvalue weighted by molar-refractivity contribution is 6.33. The molecule has 1 aromatic rings. The number of hydrogen-bond donors (Lipinski definition) is 1. The van der Waals surface area contributed by atoms with Crippen LogP contribution < -0.4 is 5.73 Å². The van der Waals surface area contributed by atoms with E-state index in [1.54, 1.807) is 0 Å². The Morgan fingerprint density at radius 1 is 1.38 bits per heavy atom. The largest absolute Gasteiger partial charge is 0.380 e. The number of nitrogens with zero attached hydrogens (tertiary/aromatic N) is 1. The number of unbranched alkanes of at least 4 members (excludes halogenated alkanes) is 3. The van der Waals surface area contributed by atoms with E-state index in [2.05, 4.69) is 12.1 Å². The molecule has 0 radical (unpaired) electrons. The number of nitrogens with two attached hydrogens (primary N) is 1. The van der Waals surface area contributed by atoms with Gasteiger partial charge in [-0.05, 0) is 6.42 Å². The lowest BCUT2D eigenvalue weighted by atomic mass is 10.1. The second-order valence-electron chi connectivity index (χ2n) is 3.12. The third kappa shape index (κ3) is 2.92. The highest BCUT2D eigenvalue weighted by Gasteiger charge is 2.09. The summed E-state index contributed by atoms with van der Waals surface area (Å²) >= 11 is 5.84. The van der Waals surface area contributed by atoms with Gasteiger partial charge >= 0.3 is 0 Å². The average Bonchev–Trinajstić information content (AvgIpc) is 2.43. The van der Waals surface area contributed by atoms with Gasteiger partial charge in [0.25, 0.3) is 0 Å². The first-order valence-corrected chi connectivity index (χ1v) is 5.03. The molecule has 1 rings (SSSR count). The van der Waals surface area contributed by atoms with Crippen LogP contribution in [0.1, 0.15) is 38.4 Å². The fourth-order valence-electron chi connectivity index (χ4n) is 1.19. The molecule has 0 atom stereocenters. The number of rotatable bonds is 5. The van der Waals surface area contributed by atoms with E-state index in [1.807, 2.05) is 0 Å². The highest BCUT2D eigenvalue weighted by atomic mass is 35.5. The molecular formula is C9H15ClN2O. The smallest absolute Gasteiger partial charge is 0.185 e. The van der Waals surface area contributed by atoms with Gasteiger partial charge in [-0.25, -0.2) is 0 Å². The lowest BCUT2D eigenvalue weighted by Crippen LogP contribution is -1.86. The quantitative estimate of drug-likeness (QED) is 0.747. The number of anilines is 1. The standard InChI is InChI=1S/C9H15ClN2O/c1-2-3-4-5-6-7-8(10)9(11)12-13-7/h2-6H2,1H3,(H2,11,12). The van der Waals surface area contributed by atoms with Crippen molar-refractivity contribution in [2.75, 3.05) is 5.73 Å². The van der Waals surface area contributed by atoms with Crippen LogP contribution in [-0.2, 0) is 6.42 Å². The van der Waals surface area contributed by atoms with Crippen LogP contribution in [0.4, 0.5) is 5.82 Å². The summed E-state index contributed by atoms with van der Waals surface area (Å²) in [6.07, 6.45) is 5.60. The minimum absolute atomic E-state index is 0.298. The second kappa shape index (κ2) is 5.12. The van der Waals surface area contributed by atoms with Crippen molar-refractivity contribution in [2.24, 2.45) is 0 Å². The number of aromatic nitrogens is 1. The molecule has 0 spiro atoms. The Labute approximate surface area is 83.2 Å². The Kier molecular flexibility index (Phi) is 4.09. The maximum absolute atomic E-state index is 5.84. The van der Waals surface area contributed by atoms with Gasteiger partial charge in [0.15, 0.2) is 11.6 Å². The molecule has 0 saturated heterocycles. The summed E-state index contributed by atoms with van der Waals surface area (Å²) in [6, 6.07) is 0. The van der Waals surface area contributed by atoms with Crippen LogP contribution in [0.25, 0.3) is 0 Å². The molecular weight excluding hydrogens is 188 g/mol. The molecule has 0 aromatic carbocycles. The molecule has 2 N–H and O–H groups in total. The molecule has 1 heterocycles. The first-order chi connectivity index (χ1) is 6.25. The second-order valence-corrected chi connectivity index (χ2v) is 3.49. The van der Waals surface area contributed by atoms with Gasteiger partial charge in [0.1, 0.15) is 5.02 Å². The van der Waals surface area contributed by atoms with Crippen LogP contribution in [0.15, 0.2) is 4.52 Å². The van der Waals surface area contributed by atoms with Crippen molar-refractivity contribution >= 4 is 17.4 Å². The Hall–Kier alpha value is -0.700. The predicted octanol–water partition coefficient (Wildman–Crippen LogP) is 3.03. The summed E-state index contributed by atoms with van der Waals surface area (Å²) in [5.41, 5.74) is 5.43. The van der Waals surface area contributed by atoms with Crippen LogP contribution in [0.2, 0.25) is 5.02 Å². The van der Waals surface area contributed by atoms with Crippen molar-refractivity contribution < 1.29 is 4.52 Å². The zero-order valence-corrected chi connectivity index (χ0v) is 8.60. The Morgan fingerprint density at radius 2 is 2.15 bits per heavy atom. The molecule has 0 aliphatic heterocycles. The molecule has 3 nitrogen and oxygen atoms in total. The third-order valence-electron chi connectivity index (χ3n) is 1.98. The van der Waals surface area contributed by atoms with Crippen LogP contribution in [0.3, 0.4) is 0 Å². The molecule has 0 bridgehead atoms. The maximum atomic E-state index is 5.84. The molecule has 1 aromatic heterocycles. The molecule has 0 aliphatic rings. The van der Waals surface area contributed by atoms with E-state index in [1.165, 1.54) is 19.3 Å². The van der Waals surface area contributed by atoms with E-state index in [0.717, 1.165) is 18.6 Å². The van der Waals surface area contributed by atoms with Crippen molar-refractivity contribution in [3.05, 3.63) is 10.8 Å². The zero-order valence-electron chi connectivity index (χ0n) is 7.85.